The number of hydrogen-bond donors (Lipinski definition) is 1. The molecule has 1 unspecified atom stereocenters. The van der Waals surface area contributed by atoms with Gasteiger partial charge >= 0.3 is 115 Å². The molecule has 3 rings (SSSR count). The van der Waals surface area contributed by atoms with E-state index in [-0.39, 0.29) is 46.2 Å². The first-order valence-electron chi connectivity index (χ1n) is 8.58. The van der Waals surface area contributed by atoms with E-state index in [9.17, 15) is 9.90 Å². The molecule has 1 saturated heterocycles. The van der Waals surface area contributed by atoms with Gasteiger partial charge in [0.25, 0.3) is 0 Å². The van der Waals surface area contributed by atoms with Gasteiger partial charge in [0.05, 0.1) is 6.61 Å². The molecule has 0 bridgehead atoms. The summed E-state index contributed by atoms with van der Waals surface area (Å²) in [5, 5.41) is 9.31. The Labute approximate surface area is 172 Å². The van der Waals surface area contributed by atoms with Crippen molar-refractivity contribution in [3.05, 3.63) is 63.5 Å². The van der Waals surface area contributed by atoms with Crippen molar-refractivity contribution in [3.63, 3.8) is 0 Å². The van der Waals surface area contributed by atoms with Crippen LogP contribution in [-0.4, -0.2) is 59.1 Å². The zero-order chi connectivity index (χ0) is 19.2. The van der Waals surface area contributed by atoms with Gasteiger partial charge in [-0.25, -0.2) is 4.79 Å². The predicted molar refractivity (Wildman–Crippen MR) is 108 cm³/mol. The van der Waals surface area contributed by atoms with E-state index < -0.39 is 0 Å². The van der Waals surface area contributed by atoms with Crippen molar-refractivity contribution in [2.24, 2.45) is 0 Å². The van der Waals surface area contributed by atoms with E-state index in [1.807, 2.05) is 12.1 Å². The van der Waals surface area contributed by atoms with Gasteiger partial charge < -0.3 is 14.9 Å². The van der Waals surface area contributed by atoms with Crippen LogP contribution in [0.1, 0.15) is 26.3 Å². The van der Waals surface area contributed by atoms with E-state index in [1.54, 1.807) is 19.1 Å². The van der Waals surface area contributed by atoms with Crippen LogP contribution in [0.3, 0.4) is 0 Å². The minimum Gasteiger partial charge on any atom is -0.412 e. The van der Waals surface area contributed by atoms with E-state index in [2.05, 4.69) is 36.4 Å². The third-order valence-corrected chi connectivity index (χ3v) is 7.17. The number of carbonyl (C=O) groups excluding carboxylic acids is 1. The number of carbonyl (C=O) groups is 1. The SMILES string of the molecule is C=C(C)C(=O)OCC1CO1.CC(C)(C1=C[CH2][Bi][CH]=C1)c1ccc(O)cc1.O. The Balaban J connectivity index is 0.000000288. The average molecular weight is 569 g/mol. The fourth-order valence-electron chi connectivity index (χ4n) is 2.38. The van der Waals surface area contributed by atoms with Crippen LogP contribution in [0, 0.1) is 0 Å². The van der Waals surface area contributed by atoms with E-state index in [1.165, 1.54) is 15.3 Å². The zero-order valence-corrected chi connectivity index (χ0v) is 19.5. The van der Waals surface area contributed by atoms with Gasteiger partial charge in [0, 0.05) is 5.57 Å². The Bertz CT molecular complexity index is 700. The molecule has 1 aromatic carbocycles. The molecule has 1 radical (unpaired) electrons. The van der Waals surface area contributed by atoms with Crippen LogP contribution >= 0.6 is 0 Å². The second-order valence-corrected chi connectivity index (χ2v) is 10.8. The Kier molecular flexibility index (Phi) is 9.37. The summed E-state index contributed by atoms with van der Waals surface area (Å²) >= 11 is -0.298. The molecule has 1 atom stereocenters. The molecule has 2 aliphatic rings. The number of aromatic hydroxyl groups is 1. The number of hydrogen-bond acceptors (Lipinski definition) is 4. The molecule has 0 spiro atoms. The molecule has 147 valence electrons. The molecular formula is C21H28BiO5. The average Bonchev–Trinajstić information content (AvgIpc) is 3.46. The van der Waals surface area contributed by atoms with E-state index in [0.717, 1.165) is 0 Å². The van der Waals surface area contributed by atoms with Crippen molar-refractivity contribution in [2.75, 3.05) is 13.2 Å². The van der Waals surface area contributed by atoms with Gasteiger partial charge in [0.2, 0.25) is 0 Å². The maximum atomic E-state index is 10.7. The molecule has 0 saturated carbocycles. The number of benzene rings is 1. The molecule has 0 aromatic heterocycles. The fourth-order valence-corrected chi connectivity index (χ4v) is 5.06. The number of ether oxygens (including phenoxy) is 2. The van der Waals surface area contributed by atoms with Crippen molar-refractivity contribution in [2.45, 2.75) is 36.4 Å². The number of phenols is 1. The molecule has 1 aromatic rings. The van der Waals surface area contributed by atoms with Gasteiger partial charge in [-0.05, 0) is 6.92 Å². The zero-order valence-electron chi connectivity index (χ0n) is 16.1. The normalized spacial score (nSPS) is 17.6. The Morgan fingerprint density at radius 3 is 2.48 bits per heavy atom. The summed E-state index contributed by atoms with van der Waals surface area (Å²) in [4.78, 5) is 10.7. The predicted octanol–water partition coefficient (Wildman–Crippen LogP) is 2.93. The van der Waals surface area contributed by atoms with Crippen molar-refractivity contribution in [1.29, 1.82) is 0 Å². The number of rotatable bonds is 5. The quantitative estimate of drug-likeness (QED) is 0.256. The minimum atomic E-state index is -0.337. The maximum Gasteiger partial charge on any atom is -0.412 e. The number of esters is 1. The molecule has 1 fully saturated rings. The summed E-state index contributed by atoms with van der Waals surface area (Å²) in [6.07, 6.45) is 4.83. The number of epoxide rings is 1. The van der Waals surface area contributed by atoms with Crippen LogP contribution in [0.25, 0.3) is 0 Å². The summed E-state index contributed by atoms with van der Waals surface area (Å²) in [6.45, 7) is 10.6. The van der Waals surface area contributed by atoms with Gasteiger partial charge in [-0.3, -0.25) is 0 Å². The Morgan fingerprint density at radius 1 is 1.37 bits per heavy atom. The van der Waals surface area contributed by atoms with Crippen LogP contribution < -0.4 is 0 Å². The topological polar surface area (TPSA) is 90.6 Å². The van der Waals surface area contributed by atoms with Crippen LogP contribution in [0.5, 0.6) is 5.75 Å². The molecule has 3 N–H and O–H groups in total. The summed E-state index contributed by atoms with van der Waals surface area (Å²) in [5.41, 5.74) is 3.15. The second kappa shape index (κ2) is 10.7. The first-order valence-corrected chi connectivity index (χ1v) is 13.0. The maximum absolute atomic E-state index is 10.7. The molecule has 2 aliphatic heterocycles. The third-order valence-electron chi connectivity index (χ3n) is 4.24. The molecule has 5 nitrogen and oxygen atoms in total. The second-order valence-electron chi connectivity index (χ2n) is 6.85. The van der Waals surface area contributed by atoms with Crippen molar-refractivity contribution >= 4 is 29.2 Å². The summed E-state index contributed by atoms with van der Waals surface area (Å²) in [5.74, 6) is -0.00199. The van der Waals surface area contributed by atoms with Crippen LogP contribution in [0.2, 0.25) is 4.13 Å². The molecule has 27 heavy (non-hydrogen) atoms. The van der Waals surface area contributed by atoms with Gasteiger partial charge in [0.15, 0.2) is 0 Å². The smallest absolute Gasteiger partial charge is 0.412 e. The first kappa shape index (κ1) is 23.6. The first-order chi connectivity index (χ1) is 12.3. The van der Waals surface area contributed by atoms with Crippen molar-refractivity contribution in [1.82, 2.24) is 0 Å². The number of allylic oxidation sites excluding steroid dienone is 3. The molecule has 6 heteroatoms. The Morgan fingerprint density at radius 2 is 2.00 bits per heavy atom. The summed E-state index contributed by atoms with van der Waals surface area (Å²) < 4.78 is 13.3. The van der Waals surface area contributed by atoms with Crippen LogP contribution in [0.4, 0.5) is 0 Å². The van der Waals surface area contributed by atoms with Crippen molar-refractivity contribution in [3.8, 4) is 5.75 Å². The Hall–Kier alpha value is -1.49. The van der Waals surface area contributed by atoms with Crippen LogP contribution in [0.15, 0.2) is 57.9 Å². The minimum absolute atomic E-state index is 0. The van der Waals surface area contributed by atoms with Crippen molar-refractivity contribution < 1.29 is 24.9 Å². The monoisotopic (exact) mass is 569 g/mol. The third kappa shape index (κ3) is 7.57. The molecule has 0 amide bonds. The number of phenolic OH excluding ortho intramolecular Hbond substituents is 1. The molecule has 2 heterocycles. The molecular weight excluding hydrogens is 541 g/mol. The molecule has 0 aliphatic carbocycles. The standard InChI is InChI=1S/C14H16O.C7H10O3.Bi.H2O/c1-5-11(6-2)14(3,4)12-7-9-13(15)10-8-12;1-5(2)7(8)10-4-6-3-9-6;;/h1,5-10,15H,2H2,3-4H3;6H,1,3-4H2,2H3;;1H2. The van der Waals surface area contributed by atoms with Crippen LogP contribution in [-0.2, 0) is 19.7 Å². The summed E-state index contributed by atoms with van der Waals surface area (Å²) in [6, 6.07) is 7.56. The van der Waals surface area contributed by atoms with E-state index in [0.29, 0.717) is 24.5 Å². The van der Waals surface area contributed by atoms with E-state index >= 15 is 0 Å². The van der Waals surface area contributed by atoms with Gasteiger partial charge in [-0.15, -0.1) is 0 Å². The van der Waals surface area contributed by atoms with Gasteiger partial charge in [0.1, 0.15) is 12.7 Å². The van der Waals surface area contributed by atoms with Gasteiger partial charge in [-0.2, -0.15) is 0 Å². The van der Waals surface area contributed by atoms with Gasteiger partial charge in [-0.1, -0.05) is 6.58 Å². The fraction of sp³-hybridized carbons (Fsp3) is 0.381. The van der Waals surface area contributed by atoms with E-state index in [4.69, 9.17) is 9.47 Å². The largest absolute Gasteiger partial charge is 0.412 e. The summed E-state index contributed by atoms with van der Waals surface area (Å²) in [7, 11) is 0.